The molecule has 0 radical (unpaired) electrons. The third-order valence-corrected chi connectivity index (χ3v) is 2.91. The standard InChI is InChI=1S/C13H23F3N2O2/c1-12(2,3)20-11(19)18-8-5-10(9-18)17-7-4-6-13(14,15)16/h10,17H,4-9H2,1-3H3. The Bertz CT molecular complexity index is 327. The van der Waals surface area contributed by atoms with E-state index in [1.54, 1.807) is 25.7 Å². The Labute approximate surface area is 117 Å². The highest BCUT2D eigenvalue weighted by atomic mass is 19.4. The highest BCUT2D eigenvalue weighted by molar-refractivity contribution is 5.68. The van der Waals surface area contributed by atoms with Crippen molar-refractivity contribution >= 4 is 6.09 Å². The summed E-state index contributed by atoms with van der Waals surface area (Å²) in [6.07, 6.45) is -4.43. The molecule has 0 aromatic rings. The Hall–Kier alpha value is -0.980. The van der Waals surface area contributed by atoms with Crippen molar-refractivity contribution in [2.24, 2.45) is 0 Å². The molecular weight excluding hydrogens is 273 g/mol. The summed E-state index contributed by atoms with van der Waals surface area (Å²) in [5, 5.41) is 3.05. The van der Waals surface area contributed by atoms with Crippen molar-refractivity contribution in [2.75, 3.05) is 19.6 Å². The first kappa shape index (κ1) is 17.1. The van der Waals surface area contributed by atoms with Crippen LogP contribution in [0.2, 0.25) is 0 Å². The number of rotatable bonds is 4. The molecule has 7 heteroatoms. The molecule has 1 atom stereocenters. The molecule has 1 aliphatic rings. The fourth-order valence-corrected chi connectivity index (χ4v) is 2.01. The molecule has 0 spiro atoms. The SMILES string of the molecule is CC(C)(C)OC(=O)N1CCC(NCCCC(F)(F)F)C1. The first-order chi connectivity index (χ1) is 9.07. The summed E-state index contributed by atoms with van der Waals surface area (Å²) in [4.78, 5) is 13.4. The van der Waals surface area contributed by atoms with Crippen molar-refractivity contribution < 1.29 is 22.7 Å². The van der Waals surface area contributed by atoms with E-state index in [-0.39, 0.29) is 18.6 Å². The maximum absolute atomic E-state index is 12.0. The van der Waals surface area contributed by atoms with Crippen LogP contribution >= 0.6 is 0 Å². The zero-order chi connectivity index (χ0) is 15.4. The van der Waals surface area contributed by atoms with E-state index in [1.165, 1.54) is 0 Å². The number of likely N-dealkylation sites (tertiary alicyclic amines) is 1. The Morgan fingerprint density at radius 3 is 2.55 bits per heavy atom. The van der Waals surface area contributed by atoms with Crippen LogP contribution in [-0.4, -0.2) is 48.4 Å². The second kappa shape index (κ2) is 6.65. The lowest BCUT2D eigenvalue weighted by molar-refractivity contribution is -0.135. The summed E-state index contributed by atoms with van der Waals surface area (Å²) < 4.78 is 41.2. The predicted molar refractivity (Wildman–Crippen MR) is 69.5 cm³/mol. The van der Waals surface area contributed by atoms with Gasteiger partial charge in [0.2, 0.25) is 0 Å². The summed E-state index contributed by atoms with van der Waals surface area (Å²) in [6, 6.07) is 0.0516. The molecule has 1 saturated heterocycles. The average molecular weight is 296 g/mol. The maximum atomic E-state index is 12.0. The molecule has 1 heterocycles. The minimum atomic E-state index is -4.10. The molecule has 0 aliphatic carbocycles. The lowest BCUT2D eigenvalue weighted by atomic mass is 10.2. The largest absolute Gasteiger partial charge is 0.444 e. The fraction of sp³-hybridized carbons (Fsp3) is 0.923. The highest BCUT2D eigenvalue weighted by Gasteiger charge is 2.30. The van der Waals surface area contributed by atoms with Crippen LogP contribution in [-0.2, 0) is 4.74 Å². The average Bonchev–Trinajstić information content (AvgIpc) is 2.69. The van der Waals surface area contributed by atoms with E-state index in [2.05, 4.69) is 5.32 Å². The molecular formula is C13H23F3N2O2. The van der Waals surface area contributed by atoms with E-state index >= 15 is 0 Å². The molecule has 20 heavy (non-hydrogen) atoms. The van der Waals surface area contributed by atoms with Crippen molar-refractivity contribution in [2.45, 2.75) is 57.9 Å². The van der Waals surface area contributed by atoms with Gasteiger partial charge in [-0.2, -0.15) is 13.2 Å². The summed E-state index contributed by atoms with van der Waals surface area (Å²) >= 11 is 0. The van der Waals surface area contributed by atoms with Gasteiger partial charge in [-0.3, -0.25) is 0 Å². The number of hydrogen-bond acceptors (Lipinski definition) is 3. The van der Waals surface area contributed by atoms with Gasteiger partial charge >= 0.3 is 12.3 Å². The van der Waals surface area contributed by atoms with Gasteiger partial charge in [0.15, 0.2) is 0 Å². The van der Waals surface area contributed by atoms with E-state index in [4.69, 9.17) is 4.74 Å². The van der Waals surface area contributed by atoms with Crippen molar-refractivity contribution in [3.05, 3.63) is 0 Å². The lowest BCUT2D eigenvalue weighted by Crippen LogP contribution is -2.38. The first-order valence-corrected chi connectivity index (χ1v) is 6.85. The molecule has 1 fully saturated rings. The molecule has 1 aliphatic heterocycles. The maximum Gasteiger partial charge on any atom is 0.410 e. The molecule has 0 bridgehead atoms. The summed E-state index contributed by atoms with van der Waals surface area (Å²) in [5.41, 5.74) is -0.532. The topological polar surface area (TPSA) is 41.6 Å². The molecule has 1 rings (SSSR count). The normalized spacial score (nSPS) is 20.3. The van der Waals surface area contributed by atoms with Gasteiger partial charge in [-0.25, -0.2) is 4.79 Å². The van der Waals surface area contributed by atoms with Crippen LogP contribution in [0.3, 0.4) is 0 Å². The Morgan fingerprint density at radius 2 is 2.00 bits per heavy atom. The number of alkyl halides is 3. The number of nitrogens with zero attached hydrogens (tertiary/aromatic N) is 1. The van der Waals surface area contributed by atoms with E-state index in [1.807, 2.05) is 0 Å². The van der Waals surface area contributed by atoms with Crippen LogP contribution in [0.1, 0.15) is 40.0 Å². The van der Waals surface area contributed by atoms with E-state index in [0.717, 1.165) is 6.42 Å². The second-order valence-corrected chi connectivity index (χ2v) is 6.08. The smallest absolute Gasteiger partial charge is 0.410 e. The van der Waals surface area contributed by atoms with E-state index in [0.29, 0.717) is 19.6 Å². The van der Waals surface area contributed by atoms with Crippen LogP contribution in [0.15, 0.2) is 0 Å². The number of ether oxygens (including phenoxy) is 1. The predicted octanol–water partition coefficient (Wildman–Crippen LogP) is 2.93. The van der Waals surface area contributed by atoms with Crippen molar-refractivity contribution in [1.82, 2.24) is 10.2 Å². The Morgan fingerprint density at radius 1 is 1.35 bits per heavy atom. The molecule has 0 aromatic heterocycles. The van der Waals surface area contributed by atoms with Crippen LogP contribution < -0.4 is 5.32 Å². The Balaban J connectivity index is 2.22. The van der Waals surface area contributed by atoms with Crippen molar-refractivity contribution in [3.8, 4) is 0 Å². The van der Waals surface area contributed by atoms with Gasteiger partial charge in [-0.05, 0) is 40.2 Å². The third-order valence-electron chi connectivity index (χ3n) is 2.91. The second-order valence-electron chi connectivity index (χ2n) is 6.08. The van der Waals surface area contributed by atoms with Gasteiger partial charge in [-0.1, -0.05) is 0 Å². The number of hydrogen-bond donors (Lipinski definition) is 1. The summed E-state index contributed by atoms with van der Waals surface area (Å²) in [5.74, 6) is 0. The number of halogens is 3. The van der Waals surface area contributed by atoms with E-state index in [9.17, 15) is 18.0 Å². The first-order valence-electron chi connectivity index (χ1n) is 6.85. The summed E-state index contributed by atoms with van der Waals surface area (Å²) in [7, 11) is 0. The minimum absolute atomic E-state index is 0.0516. The highest BCUT2D eigenvalue weighted by Crippen LogP contribution is 2.21. The molecule has 1 unspecified atom stereocenters. The number of nitrogens with one attached hydrogen (secondary N) is 1. The number of amides is 1. The van der Waals surface area contributed by atoms with Crippen molar-refractivity contribution in [3.63, 3.8) is 0 Å². The Kier molecular flexibility index (Phi) is 5.68. The molecule has 0 aromatic carbocycles. The molecule has 1 amide bonds. The molecule has 118 valence electrons. The summed E-state index contributed by atoms with van der Waals surface area (Å²) in [6.45, 7) is 6.77. The molecule has 0 saturated carbocycles. The quantitative estimate of drug-likeness (QED) is 0.811. The molecule has 1 N–H and O–H groups in total. The monoisotopic (exact) mass is 296 g/mol. The van der Waals surface area contributed by atoms with Gasteiger partial charge in [-0.15, -0.1) is 0 Å². The van der Waals surface area contributed by atoms with Gasteiger partial charge in [0, 0.05) is 25.6 Å². The fourth-order valence-electron chi connectivity index (χ4n) is 2.01. The van der Waals surface area contributed by atoms with Gasteiger partial charge < -0.3 is 15.0 Å². The number of carbonyl (C=O) groups is 1. The van der Waals surface area contributed by atoms with Gasteiger partial charge in [0.1, 0.15) is 5.60 Å². The van der Waals surface area contributed by atoms with Gasteiger partial charge in [0.05, 0.1) is 0 Å². The van der Waals surface area contributed by atoms with Gasteiger partial charge in [0.25, 0.3) is 0 Å². The van der Waals surface area contributed by atoms with Crippen molar-refractivity contribution in [1.29, 1.82) is 0 Å². The van der Waals surface area contributed by atoms with Crippen LogP contribution in [0.25, 0.3) is 0 Å². The zero-order valence-corrected chi connectivity index (χ0v) is 12.2. The third kappa shape index (κ3) is 6.98. The number of carbonyl (C=O) groups excluding carboxylic acids is 1. The van der Waals surface area contributed by atoms with Crippen LogP contribution in [0.5, 0.6) is 0 Å². The minimum Gasteiger partial charge on any atom is -0.444 e. The zero-order valence-electron chi connectivity index (χ0n) is 12.2. The van der Waals surface area contributed by atoms with Crippen LogP contribution in [0.4, 0.5) is 18.0 Å². The van der Waals surface area contributed by atoms with E-state index < -0.39 is 18.2 Å². The van der Waals surface area contributed by atoms with Crippen LogP contribution in [0, 0.1) is 0 Å². The lowest BCUT2D eigenvalue weighted by Gasteiger charge is -2.24. The molecule has 4 nitrogen and oxygen atoms in total.